The standard InChI is InChI=1S/C27H27Cl2N3O3/c1-27(35-17-19-8-4-6-10-23(19)29)25(32(2)26(33)15-30)14-20-13-21(11-12-24(20)31-27)34-16-18-7-3-5-9-22(18)28/h3-14,31H,15-17,30H2,1-2H3. The predicted molar refractivity (Wildman–Crippen MR) is 140 cm³/mol. The molecule has 0 aromatic heterocycles. The van der Waals surface area contributed by atoms with Crippen LogP contribution in [0.3, 0.4) is 0 Å². The molecule has 6 nitrogen and oxygen atoms in total. The highest BCUT2D eigenvalue weighted by Gasteiger charge is 2.38. The van der Waals surface area contributed by atoms with Gasteiger partial charge in [-0.2, -0.15) is 0 Å². The van der Waals surface area contributed by atoms with Crippen molar-refractivity contribution >= 4 is 40.9 Å². The Labute approximate surface area is 215 Å². The minimum Gasteiger partial charge on any atom is -0.489 e. The number of ether oxygens (including phenoxy) is 2. The molecular formula is C27H27Cl2N3O3. The van der Waals surface area contributed by atoms with E-state index in [-0.39, 0.29) is 19.1 Å². The van der Waals surface area contributed by atoms with E-state index in [0.717, 1.165) is 22.4 Å². The Hall–Kier alpha value is -3.03. The fourth-order valence-electron chi connectivity index (χ4n) is 3.88. The monoisotopic (exact) mass is 511 g/mol. The van der Waals surface area contributed by atoms with Crippen LogP contribution in [-0.2, 0) is 22.7 Å². The molecule has 0 saturated carbocycles. The maximum atomic E-state index is 12.5. The minimum atomic E-state index is -1.01. The molecule has 0 spiro atoms. The zero-order valence-electron chi connectivity index (χ0n) is 19.6. The smallest absolute Gasteiger partial charge is 0.240 e. The summed E-state index contributed by atoms with van der Waals surface area (Å²) in [4.78, 5) is 14.0. The molecule has 1 aliphatic rings. The molecule has 0 aliphatic carbocycles. The lowest BCUT2D eigenvalue weighted by Crippen LogP contribution is -2.49. The van der Waals surface area contributed by atoms with E-state index < -0.39 is 5.72 Å². The molecule has 1 amide bonds. The zero-order chi connectivity index (χ0) is 25.0. The van der Waals surface area contributed by atoms with Crippen LogP contribution >= 0.6 is 23.2 Å². The van der Waals surface area contributed by atoms with Gasteiger partial charge in [0.1, 0.15) is 12.4 Å². The predicted octanol–water partition coefficient (Wildman–Crippen LogP) is 5.69. The molecule has 35 heavy (non-hydrogen) atoms. The normalized spacial score (nSPS) is 16.7. The number of nitrogens with zero attached hydrogens (tertiary/aromatic N) is 1. The minimum absolute atomic E-state index is 0.123. The molecule has 1 atom stereocenters. The third-order valence-corrected chi connectivity index (χ3v) is 6.65. The maximum absolute atomic E-state index is 12.5. The number of nitrogens with one attached hydrogen (secondary N) is 1. The Morgan fingerprint density at radius 2 is 1.63 bits per heavy atom. The summed E-state index contributed by atoms with van der Waals surface area (Å²) >= 11 is 12.6. The summed E-state index contributed by atoms with van der Waals surface area (Å²) in [5.74, 6) is 0.439. The number of hydrogen-bond donors (Lipinski definition) is 2. The number of fused-ring (bicyclic) bond motifs is 1. The number of nitrogens with two attached hydrogens (primary N) is 1. The van der Waals surface area contributed by atoms with Gasteiger partial charge in [0.05, 0.1) is 18.8 Å². The van der Waals surface area contributed by atoms with Crippen molar-refractivity contribution in [1.82, 2.24) is 4.90 Å². The molecule has 1 aliphatic heterocycles. The second-order valence-corrected chi connectivity index (χ2v) is 9.17. The number of carbonyl (C=O) groups is 1. The number of halogens is 2. The summed E-state index contributed by atoms with van der Waals surface area (Å²) in [7, 11) is 1.68. The van der Waals surface area contributed by atoms with Crippen molar-refractivity contribution < 1.29 is 14.3 Å². The SMILES string of the molecule is CN(C(=O)CN)C1=Cc2cc(OCc3ccccc3Cl)ccc2NC1(C)OCc1ccccc1Cl. The van der Waals surface area contributed by atoms with Crippen LogP contribution in [0.15, 0.2) is 72.4 Å². The zero-order valence-corrected chi connectivity index (χ0v) is 21.1. The van der Waals surface area contributed by atoms with Gasteiger partial charge in [-0.25, -0.2) is 0 Å². The number of hydrogen-bond acceptors (Lipinski definition) is 5. The van der Waals surface area contributed by atoms with E-state index in [1.54, 1.807) is 7.05 Å². The Morgan fingerprint density at radius 1 is 1.00 bits per heavy atom. The molecule has 3 aromatic rings. The number of carbonyl (C=O) groups excluding carboxylic acids is 1. The van der Waals surface area contributed by atoms with Gasteiger partial charge < -0.3 is 25.4 Å². The Balaban J connectivity index is 1.61. The van der Waals surface area contributed by atoms with Crippen LogP contribution in [-0.4, -0.2) is 30.1 Å². The lowest BCUT2D eigenvalue weighted by Gasteiger charge is -2.41. The Kier molecular flexibility index (Phi) is 7.67. The van der Waals surface area contributed by atoms with Crippen LogP contribution < -0.4 is 15.8 Å². The molecule has 3 N–H and O–H groups in total. The highest BCUT2D eigenvalue weighted by Crippen LogP contribution is 2.38. The van der Waals surface area contributed by atoms with Gasteiger partial charge in [-0.3, -0.25) is 4.79 Å². The average Bonchev–Trinajstić information content (AvgIpc) is 2.86. The largest absolute Gasteiger partial charge is 0.489 e. The first-order valence-corrected chi connectivity index (χ1v) is 11.9. The van der Waals surface area contributed by atoms with E-state index >= 15 is 0 Å². The van der Waals surface area contributed by atoms with E-state index in [4.69, 9.17) is 38.4 Å². The van der Waals surface area contributed by atoms with Gasteiger partial charge in [-0.1, -0.05) is 59.6 Å². The molecule has 1 heterocycles. The lowest BCUT2D eigenvalue weighted by atomic mass is 9.99. The highest BCUT2D eigenvalue weighted by molar-refractivity contribution is 6.31. The molecular weight excluding hydrogens is 485 g/mol. The van der Waals surface area contributed by atoms with Gasteiger partial charge in [0.25, 0.3) is 0 Å². The molecule has 0 saturated heterocycles. The van der Waals surface area contributed by atoms with Crippen molar-refractivity contribution in [3.05, 3.63) is 99.2 Å². The van der Waals surface area contributed by atoms with Crippen molar-refractivity contribution in [3.63, 3.8) is 0 Å². The third-order valence-electron chi connectivity index (χ3n) is 5.91. The first-order valence-electron chi connectivity index (χ1n) is 11.2. The molecule has 8 heteroatoms. The van der Waals surface area contributed by atoms with Gasteiger partial charge in [0, 0.05) is 33.9 Å². The van der Waals surface area contributed by atoms with Crippen LogP contribution in [0.1, 0.15) is 23.6 Å². The molecule has 0 fully saturated rings. The van der Waals surface area contributed by atoms with E-state index in [9.17, 15) is 4.79 Å². The summed E-state index contributed by atoms with van der Waals surface area (Å²) in [5.41, 5.74) is 8.70. The fourth-order valence-corrected chi connectivity index (χ4v) is 4.26. The third kappa shape index (κ3) is 5.63. The Bertz CT molecular complexity index is 1260. The fraction of sp³-hybridized carbons (Fsp3) is 0.222. The quantitative estimate of drug-likeness (QED) is 0.406. The topological polar surface area (TPSA) is 76.8 Å². The second kappa shape index (κ2) is 10.7. The number of amides is 1. The van der Waals surface area contributed by atoms with Crippen LogP contribution in [0, 0.1) is 0 Å². The molecule has 182 valence electrons. The molecule has 4 rings (SSSR count). The lowest BCUT2D eigenvalue weighted by molar-refractivity contribution is -0.128. The first-order chi connectivity index (χ1) is 16.8. The highest BCUT2D eigenvalue weighted by atomic mass is 35.5. The number of likely N-dealkylation sites (N-methyl/N-ethyl adjacent to an activating group) is 1. The average molecular weight is 512 g/mol. The van der Waals surface area contributed by atoms with Crippen LogP contribution in [0.25, 0.3) is 6.08 Å². The summed E-state index contributed by atoms with van der Waals surface area (Å²) < 4.78 is 12.3. The van der Waals surface area contributed by atoms with Crippen LogP contribution in [0.4, 0.5) is 5.69 Å². The van der Waals surface area contributed by atoms with Crippen LogP contribution in [0.2, 0.25) is 10.0 Å². The van der Waals surface area contributed by atoms with Gasteiger partial charge in [0.15, 0.2) is 5.72 Å². The van der Waals surface area contributed by atoms with Crippen molar-refractivity contribution in [1.29, 1.82) is 0 Å². The van der Waals surface area contributed by atoms with Crippen molar-refractivity contribution in [2.24, 2.45) is 5.73 Å². The summed E-state index contributed by atoms with van der Waals surface area (Å²) in [6, 6.07) is 20.8. The Morgan fingerprint density at radius 3 is 2.26 bits per heavy atom. The van der Waals surface area contributed by atoms with Gasteiger partial charge in [-0.15, -0.1) is 0 Å². The first kappa shape index (κ1) is 25.1. The number of benzene rings is 3. The number of rotatable bonds is 8. The van der Waals surface area contributed by atoms with Gasteiger partial charge in [-0.05, 0) is 48.9 Å². The second-order valence-electron chi connectivity index (χ2n) is 8.35. The molecule has 0 bridgehead atoms. The van der Waals surface area contributed by atoms with Crippen molar-refractivity contribution in [2.75, 3.05) is 18.9 Å². The molecule has 0 radical (unpaired) electrons. The van der Waals surface area contributed by atoms with Crippen LogP contribution in [0.5, 0.6) is 5.75 Å². The van der Waals surface area contributed by atoms with E-state index in [1.165, 1.54) is 4.90 Å². The summed E-state index contributed by atoms with van der Waals surface area (Å²) in [6.07, 6.45) is 1.91. The summed E-state index contributed by atoms with van der Waals surface area (Å²) in [6.45, 7) is 2.34. The van der Waals surface area contributed by atoms with Gasteiger partial charge >= 0.3 is 0 Å². The summed E-state index contributed by atoms with van der Waals surface area (Å²) in [5, 5.41) is 4.71. The van der Waals surface area contributed by atoms with Crippen molar-refractivity contribution in [3.8, 4) is 5.75 Å². The maximum Gasteiger partial charge on any atom is 0.240 e. The van der Waals surface area contributed by atoms with Gasteiger partial charge in [0.2, 0.25) is 5.91 Å². The van der Waals surface area contributed by atoms with Crippen molar-refractivity contribution in [2.45, 2.75) is 25.9 Å². The van der Waals surface area contributed by atoms with E-state index in [1.807, 2.05) is 79.7 Å². The van der Waals surface area contributed by atoms with E-state index in [0.29, 0.717) is 28.1 Å². The van der Waals surface area contributed by atoms with E-state index in [2.05, 4.69) is 5.32 Å². The molecule has 3 aromatic carbocycles. The molecule has 1 unspecified atom stereocenters. The number of anilines is 1.